The van der Waals surface area contributed by atoms with Gasteiger partial charge in [0, 0.05) is 50.5 Å². The lowest BCUT2D eigenvalue weighted by molar-refractivity contribution is 0.0254. The number of ether oxygens (including phenoxy) is 3. The number of hydrogen-bond acceptors (Lipinski definition) is 7. The zero-order chi connectivity index (χ0) is 25.7. The van der Waals surface area contributed by atoms with Gasteiger partial charge in [0.25, 0.3) is 5.91 Å². The molecule has 0 radical (unpaired) electrons. The van der Waals surface area contributed by atoms with Crippen LogP contribution in [0.15, 0.2) is 36.5 Å². The van der Waals surface area contributed by atoms with Crippen molar-refractivity contribution in [1.29, 1.82) is 0 Å². The Morgan fingerprint density at radius 2 is 2.00 bits per heavy atom. The summed E-state index contributed by atoms with van der Waals surface area (Å²) in [5, 5.41) is 9.91. The van der Waals surface area contributed by atoms with Gasteiger partial charge in [0.2, 0.25) is 5.88 Å². The highest BCUT2D eigenvalue weighted by molar-refractivity contribution is 5.98. The molecule has 0 unspecified atom stereocenters. The maximum absolute atomic E-state index is 13.7. The van der Waals surface area contributed by atoms with Crippen LogP contribution in [0.2, 0.25) is 0 Å². The summed E-state index contributed by atoms with van der Waals surface area (Å²) >= 11 is 0. The first kappa shape index (κ1) is 26.4. The quantitative estimate of drug-likeness (QED) is 0.599. The third-order valence-electron chi connectivity index (χ3n) is 7.33. The summed E-state index contributed by atoms with van der Waals surface area (Å²) in [6, 6.07) is 9.20. The van der Waals surface area contributed by atoms with Crippen molar-refractivity contribution in [1.82, 2.24) is 14.8 Å². The van der Waals surface area contributed by atoms with Crippen LogP contribution in [-0.2, 0) is 4.74 Å². The summed E-state index contributed by atoms with van der Waals surface area (Å²) < 4.78 is 17.3. The number of fused-ring (bicyclic) bond motifs is 1. The number of aromatic nitrogens is 1. The van der Waals surface area contributed by atoms with E-state index in [-0.39, 0.29) is 30.6 Å². The Bertz CT molecular complexity index is 1030. The van der Waals surface area contributed by atoms with E-state index in [0.29, 0.717) is 23.9 Å². The Morgan fingerprint density at radius 3 is 2.72 bits per heavy atom. The van der Waals surface area contributed by atoms with E-state index in [4.69, 9.17) is 14.2 Å². The fraction of sp³-hybridized carbons (Fsp3) is 0.571. The van der Waals surface area contributed by atoms with Crippen LogP contribution < -0.4 is 9.47 Å². The van der Waals surface area contributed by atoms with E-state index in [0.717, 1.165) is 56.0 Å². The Balaban J connectivity index is 1.63. The van der Waals surface area contributed by atoms with Gasteiger partial charge in [-0.1, -0.05) is 19.1 Å². The van der Waals surface area contributed by atoms with Gasteiger partial charge in [0.05, 0.1) is 19.8 Å². The number of methoxy groups -OCH3 is 1. The van der Waals surface area contributed by atoms with Crippen LogP contribution in [0.25, 0.3) is 11.1 Å². The minimum absolute atomic E-state index is 0.0631. The lowest BCUT2D eigenvalue weighted by atomic mass is 9.97. The van der Waals surface area contributed by atoms with Crippen LogP contribution >= 0.6 is 0 Å². The van der Waals surface area contributed by atoms with Gasteiger partial charge in [-0.2, -0.15) is 0 Å². The molecule has 36 heavy (non-hydrogen) atoms. The largest absolute Gasteiger partial charge is 0.497 e. The van der Waals surface area contributed by atoms with E-state index in [1.165, 1.54) is 0 Å². The number of aliphatic hydroxyl groups excluding tert-OH is 1. The first-order valence-corrected chi connectivity index (χ1v) is 12.9. The molecule has 3 heterocycles. The van der Waals surface area contributed by atoms with Crippen LogP contribution in [0, 0.1) is 11.8 Å². The fourth-order valence-electron chi connectivity index (χ4n) is 5.03. The molecule has 4 rings (SSSR count). The molecule has 196 valence electrons. The first-order valence-electron chi connectivity index (χ1n) is 12.9. The number of rotatable bonds is 8. The van der Waals surface area contributed by atoms with Crippen LogP contribution in [0.1, 0.15) is 37.0 Å². The van der Waals surface area contributed by atoms with Gasteiger partial charge in [-0.15, -0.1) is 0 Å². The molecule has 1 N–H and O–H groups in total. The summed E-state index contributed by atoms with van der Waals surface area (Å²) in [6.07, 6.45) is 3.76. The molecular weight excluding hydrogens is 458 g/mol. The zero-order valence-electron chi connectivity index (χ0n) is 21.9. The molecule has 8 nitrogen and oxygen atoms in total. The van der Waals surface area contributed by atoms with E-state index >= 15 is 0 Å². The lowest BCUT2D eigenvalue weighted by Gasteiger charge is -2.38. The molecule has 1 fully saturated rings. The third kappa shape index (κ3) is 6.17. The maximum Gasteiger partial charge on any atom is 0.259 e. The van der Waals surface area contributed by atoms with Crippen molar-refractivity contribution in [3.05, 3.63) is 42.1 Å². The van der Waals surface area contributed by atoms with Crippen LogP contribution in [-0.4, -0.2) is 91.6 Å². The van der Waals surface area contributed by atoms with Crippen molar-refractivity contribution in [2.45, 2.75) is 38.8 Å². The normalized spacial score (nSPS) is 21.9. The minimum atomic E-state index is -0.313. The Kier molecular flexibility index (Phi) is 8.82. The smallest absolute Gasteiger partial charge is 0.259 e. The topological polar surface area (TPSA) is 84.4 Å². The van der Waals surface area contributed by atoms with Gasteiger partial charge >= 0.3 is 0 Å². The summed E-state index contributed by atoms with van der Waals surface area (Å²) in [5.74, 6) is 1.59. The Labute approximate surface area is 214 Å². The second kappa shape index (κ2) is 12.0. The van der Waals surface area contributed by atoms with Gasteiger partial charge in [0.15, 0.2) is 0 Å². The van der Waals surface area contributed by atoms with Gasteiger partial charge in [-0.25, -0.2) is 4.98 Å². The molecule has 0 spiro atoms. The minimum Gasteiger partial charge on any atom is -0.497 e. The predicted molar refractivity (Wildman–Crippen MR) is 138 cm³/mol. The molecule has 0 bridgehead atoms. The summed E-state index contributed by atoms with van der Waals surface area (Å²) in [4.78, 5) is 22.4. The highest BCUT2D eigenvalue weighted by Gasteiger charge is 2.34. The predicted octanol–water partition coefficient (Wildman–Crippen LogP) is 3.34. The number of benzene rings is 1. The number of carbonyl (C=O) groups is 1. The number of carbonyl (C=O) groups excluding carboxylic acids is 1. The van der Waals surface area contributed by atoms with E-state index in [1.807, 2.05) is 37.3 Å². The molecule has 2 aromatic rings. The van der Waals surface area contributed by atoms with Crippen molar-refractivity contribution >= 4 is 5.91 Å². The molecule has 0 aliphatic carbocycles. The lowest BCUT2D eigenvalue weighted by Crippen LogP contribution is -2.50. The number of aliphatic hydroxyl groups is 1. The van der Waals surface area contributed by atoms with Crippen molar-refractivity contribution in [2.75, 3.05) is 53.6 Å². The van der Waals surface area contributed by atoms with E-state index in [9.17, 15) is 9.90 Å². The number of nitrogens with zero attached hydrogens (tertiary/aromatic N) is 3. The summed E-state index contributed by atoms with van der Waals surface area (Å²) in [7, 11) is 3.76. The highest BCUT2D eigenvalue weighted by atomic mass is 16.5. The number of hydrogen-bond donors (Lipinski definition) is 1. The molecule has 1 saturated heterocycles. The second-order valence-corrected chi connectivity index (χ2v) is 10.2. The molecule has 8 heteroatoms. The summed E-state index contributed by atoms with van der Waals surface area (Å²) in [6.45, 7) is 7.75. The summed E-state index contributed by atoms with van der Waals surface area (Å²) in [5.41, 5.74) is 2.13. The van der Waals surface area contributed by atoms with Crippen molar-refractivity contribution in [3.8, 4) is 22.8 Å². The maximum atomic E-state index is 13.7. The molecule has 3 atom stereocenters. The number of pyridine rings is 1. The molecular formula is C28H39N3O5. The Hall–Kier alpha value is -2.68. The van der Waals surface area contributed by atoms with Crippen LogP contribution in [0.5, 0.6) is 11.6 Å². The fourth-order valence-corrected chi connectivity index (χ4v) is 5.03. The van der Waals surface area contributed by atoms with Crippen molar-refractivity contribution < 1.29 is 24.1 Å². The third-order valence-corrected chi connectivity index (χ3v) is 7.33. The average Bonchev–Trinajstić information content (AvgIpc) is 2.90. The molecule has 2 aliphatic heterocycles. The van der Waals surface area contributed by atoms with E-state index in [1.54, 1.807) is 18.2 Å². The number of likely N-dealkylation sites (N-methyl/N-ethyl adjacent to an activating group) is 1. The van der Waals surface area contributed by atoms with E-state index in [2.05, 4.69) is 23.9 Å². The average molecular weight is 498 g/mol. The molecule has 1 amide bonds. The molecule has 1 aromatic carbocycles. The second-order valence-electron chi connectivity index (χ2n) is 10.2. The molecule has 0 saturated carbocycles. The van der Waals surface area contributed by atoms with Crippen LogP contribution in [0.4, 0.5) is 0 Å². The van der Waals surface area contributed by atoms with Gasteiger partial charge in [-0.05, 0) is 56.5 Å². The van der Waals surface area contributed by atoms with Gasteiger partial charge in [-0.3, -0.25) is 4.79 Å². The first-order chi connectivity index (χ1) is 17.4. The molecule has 1 aromatic heterocycles. The van der Waals surface area contributed by atoms with Crippen molar-refractivity contribution in [2.24, 2.45) is 11.8 Å². The Morgan fingerprint density at radius 1 is 1.22 bits per heavy atom. The van der Waals surface area contributed by atoms with Crippen LogP contribution in [0.3, 0.4) is 0 Å². The van der Waals surface area contributed by atoms with Gasteiger partial charge in [0.1, 0.15) is 17.4 Å². The SMILES string of the molecule is COc1cccc(-c2cnc3c(c2)C(=O)N([C@@H](C)CO)C[C@@H](C)[C@H](CN(C)CC2CCOCC2)O3)c1. The highest BCUT2D eigenvalue weighted by Crippen LogP contribution is 2.31. The monoisotopic (exact) mass is 497 g/mol. The van der Waals surface area contributed by atoms with E-state index < -0.39 is 0 Å². The number of amides is 1. The molecule has 2 aliphatic rings. The zero-order valence-corrected chi connectivity index (χ0v) is 21.9. The standard InChI is InChI=1S/C28H39N3O5/c1-19-15-31(20(2)18-32)28(33)25-13-23(22-6-5-7-24(12-22)34-4)14-29-27(25)36-26(19)17-30(3)16-21-8-10-35-11-9-21/h5-7,12-14,19-21,26,32H,8-11,15-18H2,1-4H3/t19-,20+,26+/m1/s1. The van der Waals surface area contributed by atoms with Crippen molar-refractivity contribution in [3.63, 3.8) is 0 Å². The van der Waals surface area contributed by atoms with Gasteiger partial charge < -0.3 is 29.1 Å².